The Balaban J connectivity index is 2.51. The van der Waals surface area contributed by atoms with Gasteiger partial charge in [-0.05, 0) is 26.2 Å². The summed E-state index contributed by atoms with van der Waals surface area (Å²) in [5.41, 5.74) is 2.95. The van der Waals surface area contributed by atoms with Crippen LogP contribution in [-0.4, -0.2) is 35.3 Å². The van der Waals surface area contributed by atoms with Gasteiger partial charge < -0.3 is 10.1 Å². The maximum Gasteiger partial charge on any atom is 0.305 e. The van der Waals surface area contributed by atoms with Gasteiger partial charge in [-0.25, -0.2) is 0 Å². The van der Waals surface area contributed by atoms with Crippen LogP contribution >= 0.6 is 0 Å². The number of nitrogens with zero attached hydrogens (tertiary/aromatic N) is 2. The highest BCUT2D eigenvalue weighted by atomic mass is 16.5. The maximum atomic E-state index is 12.0. The lowest BCUT2D eigenvalue weighted by Gasteiger charge is -2.08. The summed E-state index contributed by atoms with van der Waals surface area (Å²) in [6.07, 6.45) is 1.23. The molecular weight excluding hydrogens is 282 g/mol. The molecule has 22 heavy (non-hydrogen) atoms. The van der Waals surface area contributed by atoms with Gasteiger partial charge in [0, 0.05) is 30.8 Å². The van der Waals surface area contributed by atoms with Crippen LogP contribution in [0.25, 0.3) is 0 Å². The first kappa shape index (κ1) is 18.2. The van der Waals surface area contributed by atoms with Crippen LogP contribution in [0.3, 0.4) is 0 Å². The smallest absolute Gasteiger partial charge is 0.305 e. The molecule has 0 atom stereocenters. The van der Waals surface area contributed by atoms with E-state index >= 15 is 0 Å². The first-order valence-electron chi connectivity index (χ1n) is 7.71. The highest BCUT2D eigenvalue weighted by Gasteiger charge is 2.15. The molecule has 1 N–H and O–H groups in total. The van der Waals surface area contributed by atoms with Crippen LogP contribution in [0.5, 0.6) is 0 Å². The molecule has 1 rings (SSSR count). The molecule has 6 nitrogen and oxygen atoms in total. The molecule has 0 bridgehead atoms. The topological polar surface area (TPSA) is 73.2 Å². The SMILES string of the molecule is COC(=O)CCCNC(=O)Cc1c(C)nn(CC(C)C)c1C. The van der Waals surface area contributed by atoms with Gasteiger partial charge in [0.15, 0.2) is 0 Å². The van der Waals surface area contributed by atoms with Crippen LogP contribution in [0.4, 0.5) is 0 Å². The van der Waals surface area contributed by atoms with Gasteiger partial charge in [-0.1, -0.05) is 13.8 Å². The zero-order valence-corrected chi connectivity index (χ0v) is 14.2. The molecule has 0 saturated heterocycles. The summed E-state index contributed by atoms with van der Waals surface area (Å²) in [5.74, 6) is 0.217. The lowest BCUT2D eigenvalue weighted by Crippen LogP contribution is -2.27. The van der Waals surface area contributed by atoms with Crippen molar-refractivity contribution in [2.45, 2.75) is 53.5 Å². The molecule has 0 radical (unpaired) electrons. The molecule has 1 amide bonds. The Morgan fingerprint density at radius 2 is 2.00 bits per heavy atom. The molecule has 0 spiro atoms. The number of carbonyl (C=O) groups is 2. The predicted molar refractivity (Wildman–Crippen MR) is 84.5 cm³/mol. The zero-order chi connectivity index (χ0) is 16.7. The van der Waals surface area contributed by atoms with Crippen molar-refractivity contribution in [2.24, 2.45) is 5.92 Å². The van der Waals surface area contributed by atoms with Gasteiger partial charge in [-0.2, -0.15) is 5.10 Å². The van der Waals surface area contributed by atoms with Crippen LogP contribution in [0.2, 0.25) is 0 Å². The first-order chi connectivity index (χ1) is 10.3. The van der Waals surface area contributed by atoms with E-state index in [9.17, 15) is 9.59 Å². The monoisotopic (exact) mass is 309 g/mol. The van der Waals surface area contributed by atoms with Crippen molar-refractivity contribution in [1.82, 2.24) is 15.1 Å². The van der Waals surface area contributed by atoms with Crippen LogP contribution < -0.4 is 5.32 Å². The Morgan fingerprint density at radius 3 is 2.59 bits per heavy atom. The number of methoxy groups -OCH3 is 1. The molecule has 0 unspecified atom stereocenters. The van der Waals surface area contributed by atoms with Crippen molar-refractivity contribution in [3.8, 4) is 0 Å². The van der Waals surface area contributed by atoms with Crippen molar-refractivity contribution < 1.29 is 14.3 Å². The summed E-state index contributed by atoms with van der Waals surface area (Å²) in [7, 11) is 1.36. The average molecular weight is 309 g/mol. The Bertz CT molecular complexity index is 521. The average Bonchev–Trinajstić information content (AvgIpc) is 2.70. The highest BCUT2D eigenvalue weighted by Crippen LogP contribution is 2.15. The number of aromatic nitrogens is 2. The van der Waals surface area contributed by atoms with E-state index in [0.29, 0.717) is 31.7 Å². The summed E-state index contributed by atoms with van der Waals surface area (Å²) in [4.78, 5) is 23.0. The number of esters is 1. The number of ether oxygens (including phenoxy) is 1. The van der Waals surface area contributed by atoms with Crippen molar-refractivity contribution in [2.75, 3.05) is 13.7 Å². The third-order valence-corrected chi connectivity index (χ3v) is 3.51. The van der Waals surface area contributed by atoms with Gasteiger partial charge in [0.25, 0.3) is 0 Å². The number of aryl methyl sites for hydroxylation is 1. The van der Waals surface area contributed by atoms with Crippen LogP contribution in [0.1, 0.15) is 43.6 Å². The van der Waals surface area contributed by atoms with E-state index < -0.39 is 0 Å². The van der Waals surface area contributed by atoms with Gasteiger partial charge in [0.1, 0.15) is 0 Å². The number of amides is 1. The molecule has 1 aromatic rings. The molecule has 1 aromatic heterocycles. The molecule has 0 aromatic carbocycles. The van der Waals surface area contributed by atoms with Crippen molar-refractivity contribution in [3.05, 3.63) is 17.0 Å². The molecule has 0 saturated carbocycles. The van der Waals surface area contributed by atoms with E-state index in [-0.39, 0.29) is 11.9 Å². The van der Waals surface area contributed by atoms with Crippen LogP contribution in [0, 0.1) is 19.8 Å². The van der Waals surface area contributed by atoms with Crippen LogP contribution in [-0.2, 0) is 27.3 Å². The molecule has 124 valence electrons. The van der Waals surface area contributed by atoms with E-state index in [4.69, 9.17) is 0 Å². The minimum Gasteiger partial charge on any atom is -0.469 e. The number of rotatable bonds is 8. The summed E-state index contributed by atoms with van der Waals surface area (Å²) in [6.45, 7) is 9.56. The highest BCUT2D eigenvalue weighted by molar-refractivity contribution is 5.79. The fraction of sp³-hybridized carbons (Fsp3) is 0.688. The normalized spacial score (nSPS) is 10.8. The van der Waals surface area contributed by atoms with E-state index in [1.807, 2.05) is 18.5 Å². The second-order valence-corrected chi connectivity index (χ2v) is 5.93. The van der Waals surface area contributed by atoms with Crippen LogP contribution in [0.15, 0.2) is 0 Å². The summed E-state index contributed by atoms with van der Waals surface area (Å²) in [6, 6.07) is 0. The number of hydrogen-bond acceptors (Lipinski definition) is 4. The van der Waals surface area contributed by atoms with Gasteiger partial charge in [0.2, 0.25) is 5.91 Å². The predicted octanol–water partition coefficient (Wildman–Crippen LogP) is 1.77. The van der Waals surface area contributed by atoms with Gasteiger partial charge in [0.05, 0.1) is 19.2 Å². The largest absolute Gasteiger partial charge is 0.469 e. The standard InChI is InChI=1S/C16H27N3O3/c1-11(2)10-19-13(4)14(12(3)18-19)9-15(20)17-8-6-7-16(21)22-5/h11H,6-10H2,1-5H3,(H,17,20). The minimum atomic E-state index is -0.254. The number of nitrogens with one attached hydrogen (secondary N) is 1. The third-order valence-electron chi connectivity index (χ3n) is 3.51. The molecular formula is C16H27N3O3. The van der Waals surface area contributed by atoms with Gasteiger partial charge in [-0.15, -0.1) is 0 Å². The van der Waals surface area contributed by atoms with Crippen molar-refractivity contribution in [1.29, 1.82) is 0 Å². The molecule has 0 fully saturated rings. The summed E-state index contributed by atoms with van der Waals surface area (Å²) >= 11 is 0. The van der Waals surface area contributed by atoms with E-state index in [1.54, 1.807) is 0 Å². The fourth-order valence-electron chi connectivity index (χ4n) is 2.30. The Morgan fingerprint density at radius 1 is 1.32 bits per heavy atom. The third kappa shape index (κ3) is 5.50. The van der Waals surface area contributed by atoms with Gasteiger partial charge in [-0.3, -0.25) is 14.3 Å². The fourth-order valence-corrected chi connectivity index (χ4v) is 2.30. The first-order valence-corrected chi connectivity index (χ1v) is 7.71. The van der Waals surface area contributed by atoms with Crippen molar-refractivity contribution >= 4 is 11.9 Å². The Kier molecular flexibility index (Phi) is 7.08. The lowest BCUT2D eigenvalue weighted by atomic mass is 10.1. The second-order valence-electron chi connectivity index (χ2n) is 5.93. The van der Waals surface area contributed by atoms with Gasteiger partial charge >= 0.3 is 5.97 Å². The number of hydrogen-bond donors (Lipinski definition) is 1. The molecule has 0 aliphatic heterocycles. The van der Waals surface area contributed by atoms with E-state index in [1.165, 1.54) is 7.11 Å². The lowest BCUT2D eigenvalue weighted by molar-refractivity contribution is -0.140. The number of carbonyl (C=O) groups excluding carboxylic acids is 2. The second kappa shape index (κ2) is 8.56. The molecule has 0 aliphatic carbocycles. The zero-order valence-electron chi connectivity index (χ0n) is 14.2. The molecule has 0 aliphatic rings. The molecule has 1 heterocycles. The quantitative estimate of drug-likeness (QED) is 0.587. The van der Waals surface area contributed by atoms with E-state index in [0.717, 1.165) is 23.5 Å². The molecule has 6 heteroatoms. The van der Waals surface area contributed by atoms with E-state index in [2.05, 4.69) is 29.0 Å². The van der Waals surface area contributed by atoms with Crippen molar-refractivity contribution in [3.63, 3.8) is 0 Å². The minimum absolute atomic E-state index is 0.0415. The Hall–Kier alpha value is -1.85. The maximum absolute atomic E-state index is 12.0. The Labute approximate surface area is 132 Å². The summed E-state index contributed by atoms with van der Waals surface area (Å²) < 4.78 is 6.53. The summed E-state index contributed by atoms with van der Waals surface area (Å²) in [5, 5.41) is 7.34.